The van der Waals surface area contributed by atoms with E-state index in [0.29, 0.717) is 22.5 Å². The molecule has 1 aromatic carbocycles. The van der Waals surface area contributed by atoms with Crippen LogP contribution in [0.2, 0.25) is 5.15 Å². The molecule has 0 atom stereocenters. The second-order valence-corrected chi connectivity index (χ2v) is 9.92. The Morgan fingerprint density at radius 3 is 2.56 bits per heavy atom. The lowest BCUT2D eigenvalue weighted by Crippen LogP contribution is -2.37. The summed E-state index contributed by atoms with van der Waals surface area (Å²) in [6, 6.07) is 15.5. The van der Waals surface area contributed by atoms with Gasteiger partial charge in [0.1, 0.15) is 16.6 Å². The van der Waals surface area contributed by atoms with Crippen LogP contribution in [0.5, 0.6) is 0 Å². The van der Waals surface area contributed by atoms with E-state index in [-0.39, 0.29) is 6.54 Å². The molecule has 0 bridgehead atoms. The Kier molecular flexibility index (Phi) is 5.73. The Morgan fingerprint density at radius 2 is 1.91 bits per heavy atom. The van der Waals surface area contributed by atoms with Gasteiger partial charge in [0.25, 0.3) is 0 Å². The van der Waals surface area contributed by atoms with Gasteiger partial charge in [-0.25, -0.2) is 9.78 Å². The van der Waals surface area contributed by atoms with Crippen LogP contribution in [0.15, 0.2) is 60.9 Å². The topological polar surface area (TPSA) is 72.6 Å². The average molecular weight is 476 g/mol. The van der Waals surface area contributed by atoms with Gasteiger partial charge >= 0.3 is 6.09 Å². The molecular weight excluding hydrogens is 450 g/mol. The maximum Gasteiger partial charge on any atom is 0.416 e. The molecule has 8 heteroatoms. The molecule has 0 saturated heterocycles. The number of carbonyl (C=O) groups excluding carboxylic acids is 1. The van der Waals surface area contributed by atoms with Gasteiger partial charge in [-0.05, 0) is 51.2 Å². The van der Waals surface area contributed by atoms with Gasteiger partial charge in [-0.1, -0.05) is 48.0 Å². The highest BCUT2D eigenvalue weighted by molar-refractivity contribution is 6.29. The summed E-state index contributed by atoms with van der Waals surface area (Å²) in [5, 5.41) is 4.85. The Hall–Kier alpha value is -3.45. The van der Waals surface area contributed by atoms with Gasteiger partial charge in [-0.15, -0.1) is 0 Å². The summed E-state index contributed by atoms with van der Waals surface area (Å²) in [6.07, 6.45) is 5.33. The predicted octanol–water partition coefficient (Wildman–Crippen LogP) is 6.26. The molecule has 0 aliphatic heterocycles. The molecule has 174 valence electrons. The van der Waals surface area contributed by atoms with Gasteiger partial charge in [0, 0.05) is 23.4 Å². The highest BCUT2D eigenvalue weighted by Crippen LogP contribution is 2.42. The molecule has 1 aliphatic rings. The molecule has 0 N–H and O–H groups in total. The van der Waals surface area contributed by atoms with Crippen LogP contribution in [-0.2, 0) is 11.3 Å². The fourth-order valence-corrected chi connectivity index (χ4v) is 4.02. The first-order valence-electron chi connectivity index (χ1n) is 11.3. The number of benzene rings is 1. The molecule has 1 fully saturated rings. The molecule has 0 spiro atoms. The minimum atomic E-state index is -0.663. The lowest BCUT2D eigenvalue weighted by molar-refractivity contribution is 0.0575. The smallest absolute Gasteiger partial charge is 0.416 e. The van der Waals surface area contributed by atoms with Crippen molar-refractivity contribution in [1.82, 2.24) is 19.6 Å². The van der Waals surface area contributed by atoms with Crippen molar-refractivity contribution in [2.75, 3.05) is 4.90 Å². The quantitative estimate of drug-likeness (QED) is 0.318. The van der Waals surface area contributed by atoms with E-state index in [1.54, 1.807) is 16.8 Å². The number of amides is 1. The maximum atomic E-state index is 13.3. The summed E-state index contributed by atoms with van der Waals surface area (Å²) >= 11 is 6.41. The minimum Gasteiger partial charge on any atom is -0.443 e. The zero-order valence-electron chi connectivity index (χ0n) is 19.4. The fourth-order valence-electron chi connectivity index (χ4n) is 3.85. The first kappa shape index (κ1) is 22.3. The molecular formula is C26H26ClN5O2. The molecule has 0 radical (unpaired) electrons. The molecule has 1 amide bonds. The van der Waals surface area contributed by atoms with E-state index in [1.807, 2.05) is 69.4 Å². The van der Waals surface area contributed by atoms with E-state index in [4.69, 9.17) is 16.3 Å². The van der Waals surface area contributed by atoms with Crippen molar-refractivity contribution in [1.29, 1.82) is 0 Å². The summed E-state index contributed by atoms with van der Waals surface area (Å²) < 4.78 is 7.41. The number of ether oxygens (including phenoxy) is 1. The minimum absolute atomic E-state index is 0.241. The third kappa shape index (κ3) is 4.75. The van der Waals surface area contributed by atoms with Crippen LogP contribution < -0.4 is 4.90 Å². The lowest BCUT2D eigenvalue weighted by atomic mass is 10.1. The summed E-state index contributed by atoms with van der Waals surface area (Å²) in [4.78, 5) is 24.0. The third-order valence-corrected chi connectivity index (χ3v) is 5.79. The van der Waals surface area contributed by atoms with E-state index in [9.17, 15) is 4.79 Å². The van der Waals surface area contributed by atoms with Crippen molar-refractivity contribution in [3.05, 3.63) is 77.2 Å². The molecule has 1 saturated carbocycles. The summed E-state index contributed by atoms with van der Waals surface area (Å²) in [7, 11) is 0. The monoisotopic (exact) mass is 475 g/mol. The zero-order chi connectivity index (χ0) is 23.9. The first-order chi connectivity index (χ1) is 16.3. The van der Waals surface area contributed by atoms with Gasteiger partial charge in [-0.2, -0.15) is 9.61 Å². The Morgan fingerprint density at radius 1 is 1.15 bits per heavy atom. The van der Waals surface area contributed by atoms with Gasteiger partial charge in [0.05, 0.1) is 18.4 Å². The van der Waals surface area contributed by atoms with Crippen molar-refractivity contribution in [3.63, 3.8) is 0 Å². The number of rotatable bonds is 5. The average Bonchev–Trinajstić information content (AvgIpc) is 3.56. The number of anilines is 1. The Labute approximate surface area is 203 Å². The van der Waals surface area contributed by atoms with E-state index in [1.165, 1.54) is 4.90 Å². The standard InChI is InChI=1S/C26H26ClN5O2/c1-26(2,3)34-25(33)31(16-17-9-12-21(28-14-17)19-7-5-4-6-8-19)23-13-22(27)30-24-20(18-10-11-18)15-29-32(23)24/h4-9,12-15,18H,10-11,16H2,1-3H3. The number of nitrogens with zero attached hydrogens (tertiary/aromatic N) is 5. The zero-order valence-corrected chi connectivity index (χ0v) is 20.2. The van der Waals surface area contributed by atoms with Crippen LogP contribution in [0.25, 0.3) is 16.9 Å². The predicted molar refractivity (Wildman–Crippen MR) is 132 cm³/mol. The number of halogens is 1. The molecule has 3 heterocycles. The van der Waals surface area contributed by atoms with E-state index in [0.717, 1.165) is 35.2 Å². The summed E-state index contributed by atoms with van der Waals surface area (Å²) in [5.41, 5.74) is 3.82. The lowest BCUT2D eigenvalue weighted by Gasteiger charge is -2.27. The molecule has 0 unspecified atom stereocenters. The third-order valence-electron chi connectivity index (χ3n) is 5.59. The number of hydrogen-bond acceptors (Lipinski definition) is 5. The van der Waals surface area contributed by atoms with Crippen LogP contribution in [0.1, 0.15) is 50.7 Å². The number of aromatic nitrogens is 4. The number of carbonyl (C=O) groups is 1. The van der Waals surface area contributed by atoms with Crippen molar-refractivity contribution in [2.24, 2.45) is 0 Å². The maximum absolute atomic E-state index is 13.3. The van der Waals surface area contributed by atoms with Crippen molar-refractivity contribution < 1.29 is 9.53 Å². The molecule has 4 aromatic rings. The van der Waals surface area contributed by atoms with Crippen molar-refractivity contribution in [3.8, 4) is 11.3 Å². The van der Waals surface area contributed by atoms with Crippen LogP contribution in [0.3, 0.4) is 0 Å². The molecule has 5 rings (SSSR count). The van der Waals surface area contributed by atoms with Gasteiger partial charge < -0.3 is 4.74 Å². The van der Waals surface area contributed by atoms with Crippen LogP contribution in [0.4, 0.5) is 10.6 Å². The second kappa shape index (κ2) is 8.72. The highest BCUT2D eigenvalue weighted by Gasteiger charge is 2.31. The van der Waals surface area contributed by atoms with E-state index < -0.39 is 11.7 Å². The van der Waals surface area contributed by atoms with Gasteiger partial charge in [0.15, 0.2) is 5.65 Å². The number of pyridine rings is 1. The largest absolute Gasteiger partial charge is 0.443 e. The van der Waals surface area contributed by atoms with Crippen LogP contribution >= 0.6 is 11.6 Å². The fraction of sp³-hybridized carbons (Fsp3) is 0.308. The summed E-state index contributed by atoms with van der Waals surface area (Å²) in [5.74, 6) is 0.948. The van der Waals surface area contributed by atoms with Crippen molar-refractivity contribution >= 4 is 29.2 Å². The highest BCUT2D eigenvalue weighted by atomic mass is 35.5. The number of fused-ring (bicyclic) bond motifs is 1. The van der Waals surface area contributed by atoms with Crippen molar-refractivity contribution in [2.45, 2.75) is 51.7 Å². The van der Waals surface area contributed by atoms with E-state index in [2.05, 4.69) is 15.1 Å². The van der Waals surface area contributed by atoms with Gasteiger partial charge in [0.2, 0.25) is 0 Å². The SMILES string of the molecule is CC(C)(C)OC(=O)N(Cc1ccc(-c2ccccc2)nc1)c1cc(Cl)nc2c(C3CC3)cnn12. The Balaban J connectivity index is 1.52. The van der Waals surface area contributed by atoms with Crippen LogP contribution in [0, 0.1) is 0 Å². The molecule has 1 aliphatic carbocycles. The molecule has 34 heavy (non-hydrogen) atoms. The first-order valence-corrected chi connectivity index (χ1v) is 11.7. The Bertz CT molecular complexity index is 1330. The summed E-state index contributed by atoms with van der Waals surface area (Å²) in [6.45, 7) is 5.76. The molecule has 3 aromatic heterocycles. The second-order valence-electron chi connectivity index (χ2n) is 9.53. The van der Waals surface area contributed by atoms with Crippen LogP contribution in [-0.4, -0.2) is 31.3 Å². The van der Waals surface area contributed by atoms with Gasteiger partial charge in [-0.3, -0.25) is 9.88 Å². The van der Waals surface area contributed by atoms with E-state index >= 15 is 0 Å². The number of hydrogen-bond donors (Lipinski definition) is 0. The molecule has 7 nitrogen and oxygen atoms in total. The normalized spacial score (nSPS) is 13.8.